The van der Waals surface area contributed by atoms with Crippen LogP contribution in [0.4, 0.5) is 26.3 Å². The van der Waals surface area contributed by atoms with Crippen molar-refractivity contribution in [3.8, 4) is 23.2 Å². The monoisotopic (exact) mass is 520 g/mol. The maximum atomic E-state index is 14.4. The highest BCUT2D eigenvalue weighted by atomic mass is 32.2. The molecule has 7 nitrogen and oxygen atoms in total. The normalized spacial score (nSPS) is 13.4. The maximum absolute atomic E-state index is 14.4. The van der Waals surface area contributed by atoms with Crippen LogP contribution < -0.4 is 9.46 Å². The molecule has 0 fully saturated rings. The third kappa shape index (κ3) is 5.20. The largest absolute Gasteiger partial charge is 0.432 e. The molecule has 0 bridgehead atoms. The molecule has 3 rings (SSSR count). The molecule has 0 spiro atoms. The van der Waals surface area contributed by atoms with Crippen molar-refractivity contribution in [2.24, 2.45) is 0 Å². The van der Waals surface area contributed by atoms with Gasteiger partial charge in [0.1, 0.15) is 17.0 Å². The smallest absolute Gasteiger partial charge is 0.404 e. The molecule has 35 heavy (non-hydrogen) atoms. The first-order valence-electron chi connectivity index (χ1n) is 9.95. The Kier molecular flexibility index (Phi) is 7.05. The van der Waals surface area contributed by atoms with Crippen LogP contribution in [0.1, 0.15) is 32.4 Å². The van der Waals surface area contributed by atoms with Crippen molar-refractivity contribution < 1.29 is 39.5 Å². The summed E-state index contributed by atoms with van der Waals surface area (Å²) >= 11 is 0. The summed E-state index contributed by atoms with van der Waals surface area (Å²) in [5.74, 6) is -1.86. The molecule has 0 saturated carbocycles. The molecule has 1 N–H and O–H groups in total. The van der Waals surface area contributed by atoms with E-state index in [2.05, 4.69) is 9.72 Å². The molecule has 0 unspecified atom stereocenters. The first-order valence-corrected chi connectivity index (χ1v) is 11.4. The van der Waals surface area contributed by atoms with Gasteiger partial charge < -0.3 is 9.30 Å². The summed E-state index contributed by atoms with van der Waals surface area (Å²) in [5.41, 5.74) is 0.295. The molecule has 1 atom stereocenters. The molecule has 2 heterocycles. The van der Waals surface area contributed by atoms with E-state index in [0.717, 1.165) is 24.4 Å². The van der Waals surface area contributed by atoms with Crippen LogP contribution in [0, 0.1) is 17.1 Å². The van der Waals surface area contributed by atoms with Gasteiger partial charge in [-0.15, -0.1) is 0 Å². The summed E-state index contributed by atoms with van der Waals surface area (Å²) in [6.07, 6.45) is -3.99. The van der Waals surface area contributed by atoms with Gasteiger partial charge in [0.15, 0.2) is 11.6 Å². The van der Waals surface area contributed by atoms with Crippen molar-refractivity contribution in [2.45, 2.75) is 50.5 Å². The van der Waals surface area contributed by atoms with E-state index in [0.29, 0.717) is 6.92 Å². The van der Waals surface area contributed by atoms with E-state index in [1.54, 1.807) is 13.8 Å². The van der Waals surface area contributed by atoms with E-state index in [-0.39, 0.29) is 27.9 Å². The lowest BCUT2D eigenvalue weighted by atomic mass is 10.1. The Hall–Kier alpha value is -3.31. The number of hydrogen-bond acceptors (Lipinski definition) is 5. The molecular weight excluding hydrogens is 502 g/mol. The van der Waals surface area contributed by atoms with Crippen molar-refractivity contribution in [3.63, 3.8) is 0 Å². The summed E-state index contributed by atoms with van der Waals surface area (Å²) in [7, 11) is -4.57. The Labute approximate surface area is 196 Å². The average Bonchev–Trinajstić information content (AvgIpc) is 3.06. The molecule has 0 saturated heterocycles. The van der Waals surface area contributed by atoms with Crippen LogP contribution in [0.3, 0.4) is 0 Å². The number of nitrogens with one attached hydrogen (secondary N) is 1. The molecule has 3 aromatic rings. The second-order valence-electron chi connectivity index (χ2n) is 7.74. The second kappa shape index (κ2) is 9.38. The number of sulfonamides is 1. The lowest BCUT2D eigenvalue weighted by molar-refractivity contribution is -0.147. The number of fused-ring (bicyclic) bond motifs is 1. The van der Waals surface area contributed by atoms with Crippen LogP contribution in [0.15, 0.2) is 35.4 Å². The minimum atomic E-state index is -4.80. The van der Waals surface area contributed by atoms with Gasteiger partial charge in [-0.05, 0) is 39.0 Å². The number of nitriles is 1. The number of halogens is 6. The third-order valence-corrected chi connectivity index (χ3v) is 6.54. The first kappa shape index (κ1) is 26.3. The summed E-state index contributed by atoms with van der Waals surface area (Å²) in [4.78, 5) is 3.45. The number of benzene rings is 1. The van der Waals surface area contributed by atoms with Crippen molar-refractivity contribution >= 4 is 20.9 Å². The van der Waals surface area contributed by atoms with Gasteiger partial charge in [0.25, 0.3) is 0 Å². The fraction of sp³-hybridized carbons (Fsp3) is 0.333. The zero-order chi connectivity index (χ0) is 26.3. The standard InChI is InChI=1S/C21H18F6N4O3S/c1-10(2)31-17-7-18(34-20(23)24)15(22)6-13(17)14(8-28)19(31)16-5-4-12(9-29-16)35(32,33)30-11(3)21(25,26)27/h4-7,9-11,20,30H,1-3H3/t11-/m0/s1. The van der Waals surface area contributed by atoms with E-state index in [1.165, 1.54) is 15.4 Å². The minimum Gasteiger partial charge on any atom is -0.432 e. The molecule has 2 aromatic heterocycles. The van der Waals surface area contributed by atoms with E-state index in [1.807, 2.05) is 6.07 Å². The first-order chi connectivity index (χ1) is 16.2. The van der Waals surface area contributed by atoms with Gasteiger partial charge in [0.05, 0.1) is 22.5 Å². The fourth-order valence-electron chi connectivity index (χ4n) is 3.44. The Morgan fingerprint density at radius 3 is 2.31 bits per heavy atom. The van der Waals surface area contributed by atoms with Crippen molar-refractivity contribution in [2.75, 3.05) is 0 Å². The van der Waals surface area contributed by atoms with Gasteiger partial charge in [-0.3, -0.25) is 4.98 Å². The molecule has 0 aliphatic heterocycles. The Bertz CT molecular complexity index is 1390. The van der Waals surface area contributed by atoms with Crippen molar-refractivity contribution in [3.05, 3.63) is 41.8 Å². The number of ether oxygens (including phenoxy) is 1. The van der Waals surface area contributed by atoms with Gasteiger partial charge in [-0.25, -0.2) is 12.8 Å². The molecule has 0 amide bonds. The number of pyridine rings is 1. The molecule has 188 valence electrons. The zero-order valence-electron chi connectivity index (χ0n) is 18.4. The highest BCUT2D eigenvalue weighted by molar-refractivity contribution is 7.89. The highest BCUT2D eigenvalue weighted by Crippen LogP contribution is 2.38. The predicted octanol–water partition coefficient (Wildman–Crippen LogP) is 5.13. The predicted molar refractivity (Wildman–Crippen MR) is 113 cm³/mol. The number of alkyl halides is 5. The van der Waals surface area contributed by atoms with E-state index >= 15 is 0 Å². The van der Waals surface area contributed by atoms with Gasteiger partial charge in [-0.1, -0.05) is 0 Å². The molecule has 14 heteroatoms. The Morgan fingerprint density at radius 1 is 1.17 bits per heavy atom. The lowest BCUT2D eigenvalue weighted by Crippen LogP contribution is -2.42. The zero-order valence-corrected chi connectivity index (χ0v) is 19.2. The SMILES string of the molecule is CC(C)n1c(-c2ccc(S(=O)(=O)N[C@@H](C)C(F)(F)F)cn2)c(C#N)c2cc(F)c(OC(F)F)cc21. The Balaban J connectivity index is 2.16. The summed E-state index contributed by atoms with van der Waals surface area (Å²) in [5, 5.41) is 9.84. The van der Waals surface area contributed by atoms with Gasteiger partial charge in [0.2, 0.25) is 10.0 Å². The molecular formula is C21H18F6N4O3S. The van der Waals surface area contributed by atoms with E-state index in [4.69, 9.17) is 0 Å². The highest BCUT2D eigenvalue weighted by Gasteiger charge is 2.39. The van der Waals surface area contributed by atoms with Crippen LogP contribution in [0.2, 0.25) is 0 Å². The summed E-state index contributed by atoms with van der Waals surface area (Å²) in [6.45, 7) is 0.749. The van der Waals surface area contributed by atoms with Crippen LogP contribution in [0.5, 0.6) is 5.75 Å². The van der Waals surface area contributed by atoms with Crippen LogP contribution >= 0.6 is 0 Å². The molecule has 1 aromatic carbocycles. The summed E-state index contributed by atoms with van der Waals surface area (Å²) < 4.78 is 110. The molecule has 0 radical (unpaired) electrons. The average molecular weight is 520 g/mol. The maximum Gasteiger partial charge on any atom is 0.404 e. The number of nitrogens with zero attached hydrogens (tertiary/aromatic N) is 3. The van der Waals surface area contributed by atoms with Crippen molar-refractivity contribution in [1.82, 2.24) is 14.3 Å². The number of aromatic nitrogens is 2. The number of rotatable bonds is 7. The van der Waals surface area contributed by atoms with E-state index in [9.17, 15) is 40.0 Å². The summed E-state index contributed by atoms with van der Waals surface area (Å²) in [6, 6.07) is 3.23. The lowest BCUT2D eigenvalue weighted by Gasteiger charge is -2.17. The van der Waals surface area contributed by atoms with E-state index < -0.39 is 51.4 Å². The van der Waals surface area contributed by atoms with Crippen LogP contribution in [-0.2, 0) is 10.0 Å². The molecule has 0 aliphatic rings. The topological polar surface area (TPSA) is 97.0 Å². The van der Waals surface area contributed by atoms with Crippen LogP contribution in [-0.4, -0.2) is 36.8 Å². The second-order valence-corrected chi connectivity index (χ2v) is 9.46. The molecule has 0 aliphatic carbocycles. The number of hydrogen-bond donors (Lipinski definition) is 1. The van der Waals surface area contributed by atoms with Gasteiger partial charge in [0, 0.05) is 23.7 Å². The Morgan fingerprint density at radius 2 is 1.83 bits per heavy atom. The third-order valence-electron chi connectivity index (χ3n) is 5.01. The van der Waals surface area contributed by atoms with Gasteiger partial charge >= 0.3 is 12.8 Å². The van der Waals surface area contributed by atoms with Crippen LogP contribution in [0.25, 0.3) is 22.3 Å². The fourth-order valence-corrected chi connectivity index (χ4v) is 4.62. The van der Waals surface area contributed by atoms with Gasteiger partial charge in [-0.2, -0.15) is 31.9 Å². The van der Waals surface area contributed by atoms with Crippen molar-refractivity contribution in [1.29, 1.82) is 5.26 Å². The minimum absolute atomic E-state index is 0.0472. The quantitative estimate of drug-likeness (QED) is 0.436.